The van der Waals surface area contributed by atoms with Crippen LogP contribution < -0.4 is 4.90 Å². The summed E-state index contributed by atoms with van der Waals surface area (Å²) in [7, 11) is 0. The number of amides is 1. The highest BCUT2D eigenvalue weighted by molar-refractivity contribution is 5.96. The second kappa shape index (κ2) is 6.24. The Labute approximate surface area is 135 Å². The van der Waals surface area contributed by atoms with E-state index in [4.69, 9.17) is 0 Å². The first kappa shape index (κ1) is 15.3. The third-order valence-electron chi connectivity index (χ3n) is 4.37. The van der Waals surface area contributed by atoms with Gasteiger partial charge < -0.3 is 10.0 Å². The van der Waals surface area contributed by atoms with Crippen molar-refractivity contribution in [1.82, 2.24) is 0 Å². The number of aliphatic carboxylic acids is 1. The summed E-state index contributed by atoms with van der Waals surface area (Å²) in [6.45, 7) is 1.98. The number of rotatable bonds is 3. The number of benzene rings is 2. The smallest absolute Gasteiger partial charge is 0.308 e. The van der Waals surface area contributed by atoms with Gasteiger partial charge in [-0.15, -0.1) is 0 Å². The Morgan fingerprint density at radius 2 is 1.74 bits per heavy atom. The quantitative estimate of drug-likeness (QED) is 0.943. The van der Waals surface area contributed by atoms with Crippen LogP contribution in [0.15, 0.2) is 54.6 Å². The lowest BCUT2D eigenvalue weighted by Crippen LogP contribution is -2.45. The molecule has 2 atom stereocenters. The van der Waals surface area contributed by atoms with Gasteiger partial charge in [0.25, 0.3) is 0 Å². The molecule has 4 heteroatoms. The lowest BCUT2D eigenvalue weighted by molar-refractivity contribution is -0.144. The zero-order valence-corrected chi connectivity index (χ0v) is 13.0. The van der Waals surface area contributed by atoms with E-state index < -0.39 is 17.9 Å². The van der Waals surface area contributed by atoms with Gasteiger partial charge in [-0.3, -0.25) is 9.59 Å². The van der Waals surface area contributed by atoms with Crippen molar-refractivity contribution < 1.29 is 14.7 Å². The molecule has 0 radical (unpaired) electrons. The van der Waals surface area contributed by atoms with Crippen LogP contribution in [0.2, 0.25) is 0 Å². The fraction of sp³-hybridized carbons (Fsp3) is 0.263. The van der Waals surface area contributed by atoms with E-state index >= 15 is 0 Å². The van der Waals surface area contributed by atoms with E-state index in [9.17, 15) is 14.7 Å². The number of hydrogen-bond donors (Lipinski definition) is 1. The maximum Gasteiger partial charge on any atom is 0.308 e. The van der Waals surface area contributed by atoms with Gasteiger partial charge in [0, 0.05) is 12.1 Å². The number of aryl methyl sites for hydroxylation is 1. The van der Waals surface area contributed by atoms with Crippen molar-refractivity contribution in [3.63, 3.8) is 0 Å². The Morgan fingerprint density at radius 3 is 2.35 bits per heavy atom. The van der Waals surface area contributed by atoms with E-state index in [1.54, 1.807) is 4.90 Å². The number of carboxylic acids is 1. The van der Waals surface area contributed by atoms with E-state index in [1.807, 2.05) is 61.5 Å². The number of piperidine rings is 1. The summed E-state index contributed by atoms with van der Waals surface area (Å²) in [6, 6.07) is 16.6. The third-order valence-corrected chi connectivity index (χ3v) is 4.37. The van der Waals surface area contributed by atoms with Gasteiger partial charge in [0.1, 0.15) is 0 Å². The zero-order chi connectivity index (χ0) is 16.4. The fourth-order valence-electron chi connectivity index (χ4n) is 3.19. The number of nitrogens with zero attached hydrogens (tertiary/aromatic N) is 1. The first-order valence-electron chi connectivity index (χ1n) is 7.74. The van der Waals surface area contributed by atoms with Gasteiger partial charge >= 0.3 is 5.97 Å². The first-order chi connectivity index (χ1) is 11.1. The summed E-state index contributed by atoms with van der Waals surface area (Å²) in [5, 5.41) is 9.63. The molecule has 1 heterocycles. The Bertz CT molecular complexity index is 709. The molecule has 0 aliphatic carbocycles. The van der Waals surface area contributed by atoms with E-state index in [0.717, 1.165) is 16.8 Å². The van der Waals surface area contributed by atoms with Crippen LogP contribution in [0.3, 0.4) is 0 Å². The predicted octanol–water partition coefficient (Wildman–Crippen LogP) is 3.56. The lowest BCUT2D eigenvalue weighted by atomic mass is 9.84. The van der Waals surface area contributed by atoms with Gasteiger partial charge in [-0.05, 0) is 31.0 Å². The van der Waals surface area contributed by atoms with Crippen LogP contribution in [0, 0.1) is 12.8 Å². The predicted molar refractivity (Wildman–Crippen MR) is 88.2 cm³/mol. The van der Waals surface area contributed by atoms with Gasteiger partial charge in [-0.1, -0.05) is 48.0 Å². The Morgan fingerprint density at radius 1 is 1.09 bits per heavy atom. The molecule has 1 N–H and O–H groups in total. The number of carbonyl (C=O) groups is 2. The number of carbonyl (C=O) groups excluding carboxylic acids is 1. The summed E-state index contributed by atoms with van der Waals surface area (Å²) >= 11 is 0. The van der Waals surface area contributed by atoms with Crippen molar-refractivity contribution in [2.45, 2.75) is 25.8 Å². The monoisotopic (exact) mass is 309 g/mol. The highest BCUT2D eigenvalue weighted by atomic mass is 16.4. The molecule has 1 aliphatic heterocycles. The van der Waals surface area contributed by atoms with Crippen LogP contribution in [0.4, 0.5) is 5.69 Å². The van der Waals surface area contributed by atoms with Crippen LogP contribution in [0.1, 0.15) is 30.0 Å². The molecule has 1 aliphatic rings. The summed E-state index contributed by atoms with van der Waals surface area (Å²) in [5.74, 6) is -1.49. The molecule has 0 spiro atoms. The summed E-state index contributed by atoms with van der Waals surface area (Å²) in [4.78, 5) is 26.0. The molecule has 0 bridgehead atoms. The minimum atomic E-state index is -0.858. The van der Waals surface area contributed by atoms with Crippen LogP contribution in [-0.2, 0) is 9.59 Å². The second-order valence-corrected chi connectivity index (χ2v) is 5.94. The molecule has 0 saturated carbocycles. The fourth-order valence-corrected chi connectivity index (χ4v) is 3.19. The Hall–Kier alpha value is -2.62. The maximum absolute atomic E-state index is 12.6. The topological polar surface area (TPSA) is 57.6 Å². The van der Waals surface area contributed by atoms with Crippen LogP contribution >= 0.6 is 0 Å². The van der Waals surface area contributed by atoms with Crippen molar-refractivity contribution >= 4 is 17.6 Å². The van der Waals surface area contributed by atoms with E-state index in [2.05, 4.69) is 0 Å². The molecule has 0 unspecified atom stereocenters. The largest absolute Gasteiger partial charge is 0.481 e. The normalized spacial score (nSPS) is 21.3. The third kappa shape index (κ3) is 2.97. The summed E-state index contributed by atoms with van der Waals surface area (Å²) in [5.41, 5.74) is 2.71. The summed E-state index contributed by atoms with van der Waals surface area (Å²) < 4.78 is 0. The molecule has 1 fully saturated rings. The van der Waals surface area contributed by atoms with E-state index in [0.29, 0.717) is 6.42 Å². The van der Waals surface area contributed by atoms with E-state index in [1.165, 1.54) is 0 Å². The van der Waals surface area contributed by atoms with Crippen LogP contribution in [0.25, 0.3) is 0 Å². The average molecular weight is 309 g/mol. The summed E-state index contributed by atoms with van der Waals surface area (Å²) in [6.07, 6.45) is 0.629. The zero-order valence-electron chi connectivity index (χ0n) is 13.0. The minimum Gasteiger partial charge on any atom is -0.481 e. The molecule has 3 rings (SSSR count). The molecule has 2 aromatic rings. The number of hydrogen-bond acceptors (Lipinski definition) is 2. The van der Waals surface area contributed by atoms with Crippen molar-refractivity contribution in [2.24, 2.45) is 5.92 Å². The lowest BCUT2D eigenvalue weighted by Gasteiger charge is -2.39. The molecular formula is C19H19NO3. The van der Waals surface area contributed by atoms with Gasteiger partial charge in [-0.2, -0.15) is 0 Å². The molecule has 2 aromatic carbocycles. The standard InChI is InChI=1S/C19H19NO3/c1-13-7-9-15(10-8-13)20-17(21)12-11-16(19(22)23)18(20)14-5-3-2-4-6-14/h2-10,16,18H,11-12H2,1H3,(H,22,23)/t16-,18+/m0/s1. The Kier molecular flexibility index (Phi) is 4.15. The number of anilines is 1. The number of carboxylic acid groups (broad SMARTS) is 1. The molecular weight excluding hydrogens is 290 g/mol. The Balaban J connectivity index is 2.09. The SMILES string of the molecule is Cc1ccc(N2C(=O)CC[C@H](C(=O)O)[C@H]2c2ccccc2)cc1. The minimum absolute atomic E-state index is 0.0276. The highest BCUT2D eigenvalue weighted by Crippen LogP contribution is 2.39. The molecule has 0 aromatic heterocycles. The van der Waals surface area contributed by atoms with Crippen molar-refractivity contribution in [1.29, 1.82) is 0 Å². The van der Waals surface area contributed by atoms with Gasteiger partial charge in [0.05, 0.1) is 12.0 Å². The average Bonchev–Trinajstić information content (AvgIpc) is 2.56. The van der Waals surface area contributed by atoms with Crippen LogP contribution in [0.5, 0.6) is 0 Å². The van der Waals surface area contributed by atoms with Crippen molar-refractivity contribution in [3.05, 3.63) is 65.7 Å². The van der Waals surface area contributed by atoms with Crippen molar-refractivity contribution in [3.8, 4) is 0 Å². The van der Waals surface area contributed by atoms with Gasteiger partial charge in [-0.25, -0.2) is 0 Å². The van der Waals surface area contributed by atoms with Crippen LogP contribution in [-0.4, -0.2) is 17.0 Å². The molecule has 4 nitrogen and oxygen atoms in total. The first-order valence-corrected chi connectivity index (χ1v) is 7.74. The molecule has 1 saturated heterocycles. The van der Waals surface area contributed by atoms with E-state index in [-0.39, 0.29) is 12.3 Å². The molecule has 118 valence electrons. The molecule has 1 amide bonds. The second-order valence-electron chi connectivity index (χ2n) is 5.94. The van der Waals surface area contributed by atoms with Gasteiger partial charge in [0.15, 0.2) is 0 Å². The maximum atomic E-state index is 12.6. The van der Waals surface area contributed by atoms with Crippen molar-refractivity contribution in [2.75, 3.05) is 4.90 Å². The van der Waals surface area contributed by atoms with Gasteiger partial charge in [0.2, 0.25) is 5.91 Å². The molecule has 23 heavy (non-hydrogen) atoms. The highest BCUT2D eigenvalue weighted by Gasteiger charge is 2.41.